The first-order valence-corrected chi connectivity index (χ1v) is 7.27. The molecule has 7 heteroatoms. The number of nitrogens with one attached hydrogen (secondary N) is 1. The van der Waals surface area contributed by atoms with Crippen molar-refractivity contribution in [1.29, 1.82) is 0 Å². The van der Waals surface area contributed by atoms with Crippen molar-refractivity contribution >= 4 is 28.3 Å². The first-order chi connectivity index (χ1) is 9.31. The highest BCUT2D eigenvalue weighted by Crippen LogP contribution is 2.25. The Balaban J connectivity index is 2.05. The van der Waals surface area contributed by atoms with Crippen LogP contribution in [0.2, 0.25) is 0 Å². The summed E-state index contributed by atoms with van der Waals surface area (Å²) in [6.07, 6.45) is 0. The Morgan fingerprint density at radius 2 is 2.10 bits per heavy atom. The van der Waals surface area contributed by atoms with Gasteiger partial charge in [0.1, 0.15) is 5.00 Å². The van der Waals surface area contributed by atoms with E-state index in [2.05, 4.69) is 24.1 Å². The normalized spacial score (nSPS) is 18.9. The highest BCUT2D eigenvalue weighted by Gasteiger charge is 2.33. The summed E-state index contributed by atoms with van der Waals surface area (Å²) in [5.41, 5.74) is 0.0532. The lowest BCUT2D eigenvalue weighted by atomic mass is 10.0. The van der Waals surface area contributed by atoms with Crippen LogP contribution in [0.25, 0.3) is 0 Å². The zero-order valence-corrected chi connectivity index (χ0v) is 12.7. The number of anilines is 1. The van der Waals surface area contributed by atoms with Crippen LogP contribution in [0.15, 0.2) is 11.4 Å². The summed E-state index contributed by atoms with van der Waals surface area (Å²) in [6.45, 7) is 6.22. The number of amides is 2. The van der Waals surface area contributed by atoms with Crippen LogP contribution in [-0.4, -0.2) is 59.1 Å². The second-order valence-corrected chi connectivity index (χ2v) is 6.47. The molecular weight excluding hydrogens is 278 g/mol. The van der Waals surface area contributed by atoms with E-state index in [-0.39, 0.29) is 17.1 Å². The van der Waals surface area contributed by atoms with Crippen molar-refractivity contribution in [1.82, 2.24) is 9.80 Å². The fourth-order valence-electron chi connectivity index (χ4n) is 2.16. The monoisotopic (exact) mass is 297 g/mol. The summed E-state index contributed by atoms with van der Waals surface area (Å²) in [6, 6.07) is 1.26. The molecule has 0 radical (unpaired) electrons. The molecule has 0 saturated carbocycles. The molecule has 0 aromatic carbocycles. The smallest absolute Gasteiger partial charge is 0.338 e. The van der Waals surface area contributed by atoms with Gasteiger partial charge in [-0.05, 0) is 32.3 Å². The Morgan fingerprint density at radius 1 is 1.40 bits per heavy atom. The van der Waals surface area contributed by atoms with Gasteiger partial charge in [0.2, 0.25) is 0 Å². The molecule has 1 aliphatic rings. The average molecular weight is 297 g/mol. The van der Waals surface area contributed by atoms with Crippen LogP contribution in [0.3, 0.4) is 0 Å². The van der Waals surface area contributed by atoms with E-state index in [0.29, 0.717) is 18.1 Å². The molecule has 2 N–H and O–H groups in total. The molecule has 1 fully saturated rings. The van der Waals surface area contributed by atoms with Gasteiger partial charge in [0.15, 0.2) is 0 Å². The highest BCUT2D eigenvalue weighted by atomic mass is 32.1. The van der Waals surface area contributed by atoms with Crippen molar-refractivity contribution in [2.45, 2.75) is 19.4 Å². The molecule has 1 aliphatic heterocycles. The Bertz CT molecular complexity index is 527. The minimum Gasteiger partial charge on any atom is -0.478 e. The molecular formula is C13H19N3O3S. The minimum absolute atomic E-state index is 0.0827. The highest BCUT2D eigenvalue weighted by molar-refractivity contribution is 7.14. The number of carbonyl (C=O) groups is 2. The van der Waals surface area contributed by atoms with Crippen molar-refractivity contribution < 1.29 is 14.7 Å². The fourth-order valence-corrected chi connectivity index (χ4v) is 2.93. The van der Waals surface area contributed by atoms with Crippen molar-refractivity contribution in [3.05, 3.63) is 17.0 Å². The largest absolute Gasteiger partial charge is 0.478 e. The Hall–Kier alpha value is -1.60. The van der Waals surface area contributed by atoms with Gasteiger partial charge < -0.3 is 10.0 Å². The van der Waals surface area contributed by atoms with Crippen LogP contribution in [-0.2, 0) is 0 Å². The molecule has 1 saturated heterocycles. The van der Waals surface area contributed by atoms with E-state index in [1.165, 1.54) is 17.4 Å². The molecule has 0 atom stereocenters. The zero-order chi connectivity index (χ0) is 14.9. The molecule has 1 aromatic heterocycles. The number of thiophene rings is 1. The molecule has 0 spiro atoms. The molecule has 110 valence electrons. The van der Waals surface area contributed by atoms with Crippen LogP contribution in [0, 0.1) is 0 Å². The van der Waals surface area contributed by atoms with Gasteiger partial charge in [-0.2, -0.15) is 0 Å². The van der Waals surface area contributed by atoms with Crippen LogP contribution in [0.1, 0.15) is 24.2 Å². The van der Waals surface area contributed by atoms with E-state index in [1.54, 1.807) is 10.3 Å². The van der Waals surface area contributed by atoms with Crippen LogP contribution < -0.4 is 5.32 Å². The molecule has 0 unspecified atom stereocenters. The summed E-state index contributed by atoms with van der Waals surface area (Å²) >= 11 is 1.22. The van der Waals surface area contributed by atoms with Crippen molar-refractivity contribution in [2.75, 3.05) is 32.0 Å². The van der Waals surface area contributed by atoms with Gasteiger partial charge in [-0.15, -0.1) is 11.3 Å². The van der Waals surface area contributed by atoms with E-state index >= 15 is 0 Å². The summed E-state index contributed by atoms with van der Waals surface area (Å²) in [5, 5.41) is 13.8. The van der Waals surface area contributed by atoms with Crippen molar-refractivity contribution in [3.8, 4) is 0 Å². The van der Waals surface area contributed by atoms with E-state index < -0.39 is 5.97 Å². The SMILES string of the molecule is CN1CCN(C(=O)Nc2sccc2C(=O)O)CC1(C)C. The number of aromatic carboxylic acids is 1. The van der Waals surface area contributed by atoms with Crippen LogP contribution in [0.5, 0.6) is 0 Å². The Morgan fingerprint density at radius 3 is 2.70 bits per heavy atom. The number of rotatable bonds is 2. The Kier molecular flexibility index (Phi) is 4.01. The molecule has 2 heterocycles. The number of nitrogens with zero attached hydrogens (tertiary/aromatic N) is 2. The van der Waals surface area contributed by atoms with Gasteiger partial charge in [-0.25, -0.2) is 9.59 Å². The quantitative estimate of drug-likeness (QED) is 0.876. The maximum absolute atomic E-state index is 12.2. The van der Waals surface area contributed by atoms with Crippen molar-refractivity contribution in [2.24, 2.45) is 0 Å². The fraction of sp³-hybridized carbons (Fsp3) is 0.538. The lowest BCUT2D eigenvalue weighted by Gasteiger charge is -2.45. The molecule has 2 rings (SSSR count). The third-order valence-corrected chi connectivity index (χ3v) is 4.55. The van der Waals surface area contributed by atoms with E-state index in [1.807, 2.05) is 7.05 Å². The molecule has 2 amide bonds. The van der Waals surface area contributed by atoms with Gasteiger partial charge >= 0.3 is 12.0 Å². The zero-order valence-electron chi connectivity index (χ0n) is 11.8. The summed E-state index contributed by atoms with van der Waals surface area (Å²) in [5.74, 6) is -1.03. The number of hydrogen-bond acceptors (Lipinski definition) is 4. The van der Waals surface area contributed by atoms with Crippen molar-refractivity contribution in [3.63, 3.8) is 0 Å². The molecule has 20 heavy (non-hydrogen) atoms. The predicted octanol–water partition coefficient (Wildman–Crippen LogP) is 2.00. The third-order valence-electron chi connectivity index (χ3n) is 3.72. The number of carboxylic acids is 1. The van der Waals surface area contributed by atoms with Gasteiger partial charge in [0.05, 0.1) is 5.56 Å². The number of piperazine rings is 1. The molecule has 1 aromatic rings. The predicted molar refractivity (Wildman–Crippen MR) is 78.6 cm³/mol. The maximum Gasteiger partial charge on any atom is 0.338 e. The van der Waals surface area contributed by atoms with Crippen LogP contribution in [0.4, 0.5) is 9.80 Å². The standard InChI is InChI=1S/C13H19N3O3S/c1-13(2)8-16(6-5-15(13)3)12(19)14-10-9(11(17)18)4-7-20-10/h4,7H,5-6,8H2,1-3H3,(H,14,19)(H,17,18). The maximum atomic E-state index is 12.2. The molecule has 0 aliphatic carbocycles. The summed E-state index contributed by atoms with van der Waals surface area (Å²) in [4.78, 5) is 27.2. The molecule has 0 bridgehead atoms. The number of carbonyl (C=O) groups excluding carboxylic acids is 1. The van der Waals surface area contributed by atoms with Crippen LogP contribution >= 0.6 is 11.3 Å². The Labute approximate surface area is 122 Å². The number of hydrogen-bond donors (Lipinski definition) is 2. The first kappa shape index (κ1) is 14.8. The minimum atomic E-state index is -1.03. The van der Waals surface area contributed by atoms with E-state index in [9.17, 15) is 9.59 Å². The van der Waals surface area contributed by atoms with Gasteiger partial charge in [-0.1, -0.05) is 0 Å². The first-order valence-electron chi connectivity index (χ1n) is 6.39. The number of carboxylic acid groups (broad SMARTS) is 1. The molecule has 6 nitrogen and oxygen atoms in total. The average Bonchev–Trinajstić information content (AvgIpc) is 2.80. The second-order valence-electron chi connectivity index (χ2n) is 5.55. The van der Waals surface area contributed by atoms with E-state index in [0.717, 1.165) is 6.54 Å². The van der Waals surface area contributed by atoms with E-state index in [4.69, 9.17) is 5.11 Å². The number of urea groups is 1. The summed E-state index contributed by atoms with van der Waals surface area (Å²) < 4.78 is 0. The topological polar surface area (TPSA) is 72.9 Å². The lowest BCUT2D eigenvalue weighted by Crippen LogP contribution is -2.59. The number of likely N-dealkylation sites (N-methyl/N-ethyl adjacent to an activating group) is 1. The van der Waals surface area contributed by atoms with Gasteiger partial charge in [-0.3, -0.25) is 10.2 Å². The summed E-state index contributed by atoms with van der Waals surface area (Å²) in [7, 11) is 2.04. The van der Waals surface area contributed by atoms with Gasteiger partial charge in [0, 0.05) is 25.2 Å². The second kappa shape index (κ2) is 5.41. The third kappa shape index (κ3) is 2.94. The van der Waals surface area contributed by atoms with Gasteiger partial charge in [0.25, 0.3) is 0 Å². The lowest BCUT2D eigenvalue weighted by molar-refractivity contribution is 0.0608.